The number of hydrogen-bond acceptors (Lipinski definition) is 4. The minimum atomic E-state index is -0.226. The Bertz CT molecular complexity index is 395. The van der Waals surface area contributed by atoms with Gasteiger partial charge in [0.1, 0.15) is 10.6 Å². The fourth-order valence-electron chi connectivity index (χ4n) is 2.34. The van der Waals surface area contributed by atoms with E-state index in [9.17, 15) is 0 Å². The molecule has 0 saturated carbocycles. The fourth-order valence-corrected chi connectivity index (χ4v) is 3.93. The van der Waals surface area contributed by atoms with E-state index in [1.54, 1.807) is 18.4 Å². The standard InChI is InChI=1S/C15H28N2OS/c1-8-15(9-2,18-7)13-17-12(14(3,4)5)11(19-13)10-16-6/h16H,8-10H2,1-7H3. The van der Waals surface area contributed by atoms with Gasteiger partial charge in [0.25, 0.3) is 0 Å². The van der Waals surface area contributed by atoms with E-state index in [0.717, 1.165) is 24.4 Å². The van der Waals surface area contributed by atoms with Crippen LogP contribution in [0.1, 0.15) is 63.0 Å². The summed E-state index contributed by atoms with van der Waals surface area (Å²) in [7, 11) is 3.78. The predicted molar refractivity (Wildman–Crippen MR) is 82.8 cm³/mol. The van der Waals surface area contributed by atoms with Crippen molar-refractivity contribution in [2.75, 3.05) is 14.2 Å². The zero-order valence-corrected chi connectivity index (χ0v) is 14.2. The lowest BCUT2D eigenvalue weighted by Crippen LogP contribution is -2.27. The van der Waals surface area contributed by atoms with E-state index in [0.29, 0.717) is 0 Å². The molecule has 1 aromatic rings. The highest BCUT2D eigenvalue weighted by Crippen LogP contribution is 2.39. The third kappa shape index (κ3) is 3.36. The van der Waals surface area contributed by atoms with Crippen LogP contribution in [0.25, 0.3) is 0 Å². The van der Waals surface area contributed by atoms with Crippen molar-refractivity contribution >= 4 is 11.3 Å². The van der Waals surface area contributed by atoms with Crippen LogP contribution >= 0.6 is 11.3 Å². The van der Waals surface area contributed by atoms with Crippen LogP contribution < -0.4 is 5.32 Å². The Hall–Kier alpha value is -0.450. The van der Waals surface area contributed by atoms with E-state index in [1.165, 1.54) is 10.6 Å². The van der Waals surface area contributed by atoms with Crippen LogP contribution in [0.2, 0.25) is 0 Å². The van der Waals surface area contributed by atoms with Crippen molar-refractivity contribution in [3.05, 3.63) is 15.6 Å². The second-order valence-corrected chi connectivity index (χ2v) is 7.06. The van der Waals surface area contributed by atoms with Gasteiger partial charge in [-0.2, -0.15) is 0 Å². The highest BCUT2D eigenvalue weighted by Gasteiger charge is 2.34. The van der Waals surface area contributed by atoms with Crippen LogP contribution in [-0.2, 0) is 22.3 Å². The first-order chi connectivity index (χ1) is 8.84. The van der Waals surface area contributed by atoms with Gasteiger partial charge in [-0.3, -0.25) is 0 Å². The van der Waals surface area contributed by atoms with E-state index < -0.39 is 0 Å². The molecule has 1 aromatic heterocycles. The Balaban J connectivity index is 3.31. The Kier molecular flexibility index (Phi) is 5.53. The smallest absolute Gasteiger partial charge is 0.125 e. The molecular weight excluding hydrogens is 256 g/mol. The van der Waals surface area contributed by atoms with Crippen LogP contribution in [0.5, 0.6) is 0 Å². The SMILES string of the molecule is CCC(CC)(OC)c1nc(C(C)(C)C)c(CNC)s1. The molecule has 4 heteroatoms. The van der Waals surface area contributed by atoms with Gasteiger partial charge >= 0.3 is 0 Å². The number of methoxy groups -OCH3 is 1. The van der Waals surface area contributed by atoms with E-state index in [-0.39, 0.29) is 11.0 Å². The van der Waals surface area contributed by atoms with E-state index >= 15 is 0 Å². The van der Waals surface area contributed by atoms with Crippen molar-refractivity contribution in [1.29, 1.82) is 0 Å². The number of nitrogens with one attached hydrogen (secondary N) is 1. The lowest BCUT2D eigenvalue weighted by atomic mass is 9.91. The number of aromatic nitrogens is 1. The summed E-state index contributed by atoms with van der Waals surface area (Å²) in [6.07, 6.45) is 1.91. The van der Waals surface area contributed by atoms with E-state index in [2.05, 4.69) is 39.9 Å². The molecule has 0 amide bonds. The largest absolute Gasteiger partial charge is 0.371 e. The van der Waals surface area contributed by atoms with Crippen molar-refractivity contribution in [3.63, 3.8) is 0 Å². The molecule has 0 aromatic carbocycles. The molecule has 0 radical (unpaired) electrons. The van der Waals surface area contributed by atoms with Gasteiger partial charge in [0.15, 0.2) is 0 Å². The molecule has 1 N–H and O–H groups in total. The second kappa shape index (κ2) is 6.33. The van der Waals surface area contributed by atoms with Crippen molar-refractivity contribution in [1.82, 2.24) is 10.3 Å². The summed E-state index contributed by atoms with van der Waals surface area (Å²) >= 11 is 1.79. The zero-order chi connectivity index (χ0) is 14.7. The third-order valence-electron chi connectivity index (χ3n) is 3.67. The van der Waals surface area contributed by atoms with Gasteiger partial charge < -0.3 is 10.1 Å². The molecule has 0 aliphatic rings. The second-order valence-electron chi connectivity index (χ2n) is 5.98. The van der Waals surface area contributed by atoms with Crippen LogP contribution in [0.4, 0.5) is 0 Å². The van der Waals surface area contributed by atoms with Crippen molar-refractivity contribution in [2.24, 2.45) is 0 Å². The lowest BCUT2D eigenvalue weighted by Gasteiger charge is -2.27. The predicted octanol–water partition coefficient (Wildman–Crippen LogP) is 3.82. The van der Waals surface area contributed by atoms with Gasteiger partial charge in [0, 0.05) is 23.9 Å². The molecule has 0 aliphatic carbocycles. The molecule has 1 heterocycles. The molecule has 0 fully saturated rings. The number of nitrogens with zero attached hydrogens (tertiary/aromatic N) is 1. The molecule has 0 saturated heterocycles. The summed E-state index contributed by atoms with van der Waals surface area (Å²) in [5.41, 5.74) is 1.05. The van der Waals surface area contributed by atoms with E-state index in [4.69, 9.17) is 9.72 Å². The number of rotatable bonds is 6. The van der Waals surface area contributed by atoms with Crippen LogP contribution in [0.3, 0.4) is 0 Å². The molecule has 110 valence electrons. The first-order valence-electron chi connectivity index (χ1n) is 7.05. The maximum atomic E-state index is 5.81. The molecule has 0 bridgehead atoms. The molecule has 0 atom stereocenters. The molecule has 1 rings (SSSR count). The van der Waals surface area contributed by atoms with Gasteiger partial charge in [0.05, 0.1) is 5.69 Å². The Morgan fingerprint density at radius 3 is 2.16 bits per heavy atom. The van der Waals surface area contributed by atoms with Gasteiger partial charge in [-0.05, 0) is 19.9 Å². The summed E-state index contributed by atoms with van der Waals surface area (Å²) in [4.78, 5) is 6.27. The lowest BCUT2D eigenvalue weighted by molar-refractivity contribution is -0.0220. The first kappa shape index (κ1) is 16.6. The minimum absolute atomic E-state index is 0.0713. The van der Waals surface area contributed by atoms with Crippen molar-refractivity contribution in [2.45, 2.75) is 65.0 Å². The van der Waals surface area contributed by atoms with Gasteiger partial charge in [-0.25, -0.2) is 4.98 Å². The maximum Gasteiger partial charge on any atom is 0.125 e. The minimum Gasteiger partial charge on any atom is -0.371 e. The molecule has 0 unspecified atom stereocenters. The zero-order valence-electron chi connectivity index (χ0n) is 13.4. The maximum absolute atomic E-state index is 5.81. The van der Waals surface area contributed by atoms with E-state index in [1.807, 2.05) is 7.05 Å². The summed E-state index contributed by atoms with van der Waals surface area (Å²) < 4.78 is 5.81. The summed E-state index contributed by atoms with van der Waals surface area (Å²) in [6, 6.07) is 0. The number of ether oxygens (including phenoxy) is 1. The van der Waals surface area contributed by atoms with Crippen molar-refractivity contribution < 1.29 is 4.74 Å². The monoisotopic (exact) mass is 284 g/mol. The Morgan fingerprint density at radius 2 is 1.79 bits per heavy atom. The van der Waals surface area contributed by atoms with Crippen molar-refractivity contribution in [3.8, 4) is 0 Å². The van der Waals surface area contributed by atoms with Gasteiger partial charge in [-0.15, -0.1) is 11.3 Å². The molecule has 0 aliphatic heterocycles. The summed E-state index contributed by atoms with van der Waals surface area (Å²) in [5.74, 6) is 0. The Labute approximate surface area is 121 Å². The third-order valence-corrected chi connectivity index (χ3v) is 4.91. The normalized spacial score (nSPS) is 13.0. The van der Waals surface area contributed by atoms with Crippen LogP contribution in [-0.4, -0.2) is 19.1 Å². The van der Waals surface area contributed by atoms with Crippen LogP contribution in [0, 0.1) is 0 Å². The quantitative estimate of drug-likeness (QED) is 0.862. The average Bonchev–Trinajstić information content (AvgIpc) is 2.77. The molecule has 0 spiro atoms. The molecule has 19 heavy (non-hydrogen) atoms. The number of hydrogen-bond donors (Lipinski definition) is 1. The van der Waals surface area contributed by atoms with Gasteiger partial charge in [-0.1, -0.05) is 34.6 Å². The summed E-state index contributed by atoms with van der Waals surface area (Å²) in [5, 5.41) is 4.37. The Morgan fingerprint density at radius 1 is 1.21 bits per heavy atom. The summed E-state index contributed by atoms with van der Waals surface area (Å²) in [6.45, 7) is 11.9. The topological polar surface area (TPSA) is 34.1 Å². The number of thiazole rings is 1. The average molecular weight is 284 g/mol. The molecular formula is C15H28N2OS. The highest BCUT2D eigenvalue weighted by molar-refractivity contribution is 7.11. The molecule has 3 nitrogen and oxygen atoms in total. The first-order valence-corrected chi connectivity index (χ1v) is 7.86. The van der Waals surface area contributed by atoms with Crippen LogP contribution in [0.15, 0.2) is 0 Å². The highest BCUT2D eigenvalue weighted by atomic mass is 32.1. The van der Waals surface area contributed by atoms with Gasteiger partial charge in [0.2, 0.25) is 0 Å². The fraction of sp³-hybridized carbons (Fsp3) is 0.800.